The van der Waals surface area contributed by atoms with E-state index in [9.17, 15) is 10.5 Å². The van der Waals surface area contributed by atoms with E-state index in [1.165, 1.54) is 21.3 Å². The van der Waals surface area contributed by atoms with Gasteiger partial charge in [0.2, 0.25) is 0 Å². The second-order valence-corrected chi connectivity index (χ2v) is 5.87. The Balaban J connectivity index is 2.25. The lowest BCUT2D eigenvalue weighted by Crippen LogP contribution is -2.41. The number of aliphatic imine (C=N–C) groups is 1. The molecule has 3 atom stereocenters. The summed E-state index contributed by atoms with van der Waals surface area (Å²) in [5.74, 6) is -1.18. The van der Waals surface area contributed by atoms with Gasteiger partial charge in [-0.3, -0.25) is 0 Å². The summed E-state index contributed by atoms with van der Waals surface area (Å²) in [7, 11) is 5.78. The van der Waals surface area contributed by atoms with Crippen molar-refractivity contribution in [3.63, 3.8) is 0 Å². The van der Waals surface area contributed by atoms with Crippen molar-refractivity contribution >= 4 is 5.84 Å². The van der Waals surface area contributed by atoms with Gasteiger partial charge < -0.3 is 24.7 Å². The van der Waals surface area contributed by atoms with Gasteiger partial charge in [-0.05, 0) is 6.07 Å². The van der Waals surface area contributed by atoms with Crippen LogP contribution in [0.25, 0.3) is 0 Å². The lowest BCUT2D eigenvalue weighted by atomic mass is 9.93. The largest absolute Gasteiger partial charge is 0.497 e. The van der Waals surface area contributed by atoms with Gasteiger partial charge in [0.25, 0.3) is 5.91 Å². The van der Waals surface area contributed by atoms with Crippen LogP contribution in [0.15, 0.2) is 23.2 Å². The lowest BCUT2D eigenvalue weighted by molar-refractivity contribution is -0.230. The quantitative estimate of drug-likeness (QED) is 0.796. The summed E-state index contributed by atoms with van der Waals surface area (Å²) < 4.78 is 21.5. The third kappa shape index (κ3) is 1.63. The number of ether oxygens (including phenoxy) is 4. The first-order valence-corrected chi connectivity index (χ1v) is 7.49. The van der Waals surface area contributed by atoms with Gasteiger partial charge in [0.05, 0.1) is 26.4 Å². The van der Waals surface area contributed by atoms with Crippen molar-refractivity contribution in [2.24, 2.45) is 21.6 Å². The van der Waals surface area contributed by atoms with Crippen LogP contribution in [-0.4, -0.2) is 40.2 Å². The molecule has 3 unspecified atom stereocenters. The molecule has 0 saturated heterocycles. The molecule has 8 heteroatoms. The highest BCUT2D eigenvalue weighted by Crippen LogP contribution is 2.82. The minimum atomic E-state index is -1.66. The SMILES string of the molecule is COc1ccc(C2C3(C#N)C(N)=NC(OC)(OC)C23C#N)c(OC)c1. The molecule has 3 rings (SSSR count). The smallest absolute Gasteiger partial charge is 0.292 e. The van der Waals surface area contributed by atoms with Crippen molar-refractivity contribution in [1.29, 1.82) is 10.5 Å². The number of nitrogens with zero attached hydrogens (tertiary/aromatic N) is 3. The molecular formula is C17H18N4O4. The van der Waals surface area contributed by atoms with Crippen LogP contribution in [0.1, 0.15) is 11.5 Å². The van der Waals surface area contributed by atoms with E-state index in [1.54, 1.807) is 25.3 Å². The third-order valence-electron chi connectivity index (χ3n) is 5.23. The van der Waals surface area contributed by atoms with E-state index in [-0.39, 0.29) is 5.84 Å². The zero-order valence-corrected chi connectivity index (χ0v) is 14.4. The zero-order valence-electron chi connectivity index (χ0n) is 14.4. The predicted molar refractivity (Wildman–Crippen MR) is 86.8 cm³/mol. The van der Waals surface area contributed by atoms with Gasteiger partial charge in [-0.15, -0.1) is 0 Å². The van der Waals surface area contributed by atoms with Crippen LogP contribution in [0.2, 0.25) is 0 Å². The predicted octanol–water partition coefficient (Wildman–Crippen LogP) is 1.14. The van der Waals surface area contributed by atoms with Gasteiger partial charge in [0.1, 0.15) is 22.7 Å². The van der Waals surface area contributed by atoms with E-state index in [2.05, 4.69) is 17.1 Å². The molecule has 0 spiro atoms. The van der Waals surface area contributed by atoms with Crippen molar-refractivity contribution in [2.75, 3.05) is 28.4 Å². The average Bonchev–Trinajstić information content (AvgIpc) is 3.22. The number of amidine groups is 1. The zero-order chi connectivity index (χ0) is 18.5. The molecule has 8 nitrogen and oxygen atoms in total. The normalized spacial score (nSPS) is 31.3. The first kappa shape index (κ1) is 17.0. The Morgan fingerprint density at radius 1 is 1.08 bits per heavy atom. The summed E-state index contributed by atoms with van der Waals surface area (Å²) >= 11 is 0. The standard InChI is InChI=1S/C17H18N4O4/c1-22-10-5-6-11(12(7-10)23-2)13-15(8-18)14(20)21-17(24-3,25-4)16(13,15)9-19/h5-7,13H,1-4H3,(H2,20,21). The van der Waals surface area contributed by atoms with Gasteiger partial charge in [0, 0.05) is 31.8 Å². The number of fused-ring (bicyclic) bond motifs is 1. The lowest BCUT2D eigenvalue weighted by Gasteiger charge is -2.29. The van der Waals surface area contributed by atoms with Crippen molar-refractivity contribution in [3.05, 3.63) is 23.8 Å². The van der Waals surface area contributed by atoms with E-state index in [0.29, 0.717) is 17.1 Å². The fraction of sp³-hybridized carbons (Fsp3) is 0.471. The molecular weight excluding hydrogens is 324 g/mol. The second kappa shape index (κ2) is 5.35. The maximum absolute atomic E-state index is 10.0. The Morgan fingerprint density at radius 3 is 2.24 bits per heavy atom. The van der Waals surface area contributed by atoms with Crippen LogP contribution in [0, 0.1) is 33.5 Å². The molecule has 1 aliphatic heterocycles. The molecule has 1 aliphatic carbocycles. The molecule has 0 radical (unpaired) electrons. The molecule has 1 aromatic rings. The Labute approximate surface area is 145 Å². The number of benzene rings is 1. The summed E-state index contributed by atoms with van der Waals surface area (Å²) in [6.45, 7) is 0. The summed E-state index contributed by atoms with van der Waals surface area (Å²) in [4.78, 5) is 4.18. The monoisotopic (exact) mass is 342 g/mol. The van der Waals surface area contributed by atoms with Crippen LogP contribution in [0.5, 0.6) is 11.5 Å². The number of methoxy groups -OCH3 is 4. The van der Waals surface area contributed by atoms with Crippen LogP contribution in [0.3, 0.4) is 0 Å². The molecule has 0 aromatic heterocycles. The number of nitrogens with two attached hydrogens (primary N) is 1. The highest BCUT2D eigenvalue weighted by Gasteiger charge is 2.93. The average molecular weight is 342 g/mol. The Kier molecular flexibility index (Phi) is 3.64. The van der Waals surface area contributed by atoms with Crippen LogP contribution in [0.4, 0.5) is 0 Å². The summed E-state index contributed by atoms with van der Waals surface area (Å²) in [6, 6.07) is 9.56. The van der Waals surface area contributed by atoms with Crippen molar-refractivity contribution in [2.45, 2.75) is 11.8 Å². The van der Waals surface area contributed by atoms with Gasteiger partial charge in [-0.25, -0.2) is 4.99 Å². The molecule has 0 amide bonds. The first-order chi connectivity index (χ1) is 12.0. The summed E-state index contributed by atoms with van der Waals surface area (Å²) in [6.07, 6.45) is 0. The Bertz CT molecular complexity index is 836. The van der Waals surface area contributed by atoms with Gasteiger partial charge in [-0.1, -0.05) is 6.07 Å². The summed E-state index contributed by atoms with van der Waals surface area (Å²) in [5.41, 5.74) is 3.96. The Morgan fingerprint density at radius 2 is 1.76 bits per heavy atom. The third-order valence-corrected chi connectivity index (χ3v) is 5.23. The van der Waals surface area contributed by atoms with E-state index in [4.69, 9.17) is 24.7 Å². The maximum atomic E-state index is 10.0. The second-order valence-electron chi connectivity index (χ2n) is 5.87. The molecule has 1 heterocycles. The highest BCUT2D eigenvalue weighted by atomic mass is 16.7. The Hall–Kier alpha value is -2.81. The van der Waals surface area contributed by atoms with E-state index in [0.717, 1.165) is 0 Å². The van der Waals surface area contributed by atoms with Crippen LogP contribution >= 0.6 is 0 Å². The van der Waals surface area contributed by atoms with E-state index in [1.807, 2.05) is 0 Å². The number of hydrogen-bond donors (Lipinski definition) is 1. The number of hydrogen-bond acceptors (Lipinski definition) is 8. The topological polar surface area (TPSA) is 123 Å². The molecule has 1 fully saturated rings. The minimum Gasteiger partial charge on any atom is -0.497 e. The number of rotatable bonds is 5. The highest BCUT2D eigenvalue weighted by molar-refractivity contribution is 6.00. The maximum Gasteiger partial charge on any atom is 0.292 e. The fourth-order valence-electron chi connectivity index (χ4n) is 4.04. The van der Waals surface area contributed by atoms with Gasteiger partial charge in [-0.2, -0.15) is 10.5 Å². The minimum absolute atomic E-state index is 0.0168. The molecule has 1 aromatic carbocycles. The number of nitriles is 2. The van der Waals surface area contributed by atoms with E-state index >= 15 is 0 Å². The van der Waals surface area contributed by atoms with Crippen molar-refractivity contribution < 1.29 is 18.9 Å². The van der Waals surface area contributed by atoms with Gasteiger partial charge >= 0.3 is 0 Å². The van der Waals surface area contributed by atoms with Crippen LogP contribution < -0.4 is 15.2 Å². The molecule has 25 heavy (non-hydrogen) atoms. The molecule has 1 saturated carbocycles. The van der Waals surface area contributed by atoms with Crippen molar-refractivity contribution in [3.8, 4) is 23.6 Å². The van der Waals surface area contributed by atoms with E-state index < -0.39 is 22.7 Å². The first-order valence-electron chi connectivity index (χ1n) is 7.49. The molecule has 130 valence electrons. The van der Waals surface area contributed by atoms with Gasteiger partial charge in [0.15, 0.2) is 5.41 Å². The summed E-state index contributed by atoms with van der Waals surface area (Å²) in [5, 5.41) is 19.9. The fourth-order valence-corrected chi connectivity index (χ4v) is 4.04. The van der Waals surface area contributed by atoms with Crippen LogP contribution in [-0.2, 0) is 9.47 Å². The van der Waals surface area contributed by atoms with Crippen molar-refractivity contribution in [1.82, 2.24) is 0 Å². The molecule has 0 bridgehead atoms. The molecule has 2 N–H and O–H groups in total. The molecule has 2 aliphatic rings.